The van der Waals surface area contributed by atoms with Crippen LogP contribution in [-0.2, 0) is 10.0 Å². The molecule has 1 saturated heterocycles. The van der Waals surface area contributed by atoms with E-state index < -0.39 is 10.0 Å². The van der Waals surface area contributed by atoms with Crippen molar-refractivity contribution in [1.82, 2.24) is 4.90 Å². The van der Waals surface area contributed by atoms with Gasteiger partial charge in [0.1, 0.15) is 0 Å². The molecule has 3 rings (SSSR count). The molecule has 0 saturated carbocycles. The molecule has 2 aromatic rings. The van der Waals surface area contributed by atoms with Crippen LogP contribution in [0.4, 0.5) is 5.69 Å². The number of carbonyl (C=O) groups excluding carboxylic acids is 1. The number of anilines is 1. The molecule has 0 N–H and O–H groups in total. The van der Waals surface area contributed by atoms with E-state index in [2.05, 4.69) is 6.92 Å². The number of nitrogens with zero attached hydrogens (tertiary/aromatic N) is 2. The van der Waals surface area contributed by atoms with Crippen molar-refractivity contribution in [3.8, 4) is 0 Å². The van der Waals surface area contributed by atoms with E-state index in [0.717, 1.165) is 31.5 Å². The molecule has 1 heterocycles. The molecule has 5 nitrogen and oxygen atoms in total. The quantitative estimate of drug-likeness (QED) is 0.738. The summed E-state index contributed by atoms with van der Waals surface area (Å²) in [6, 6.07) is 11.3. The maximum absolute atomic E-state index is 13.0. The van der Waals surface area contributed by atoms with Gasteiger partial charge in [0.15, 0.2) is 0 Å². The lowest BCUT2D eigenvalue weighted by Crippen LogP contribution is -2.39. The Bertz CT molecular complexity index is 974. The van der Waals surface area contributed by atoms with Gasteiger partial charge >= 0.3 is 0 Å². The van der Waals surface area contributed by atoms with Gasteiger partial charge in [-0.15, -0.1) is 0 Å². The van der Waals surface area contributed by atoms with Crippen molar-refractivity contribution in [2.45, 2.75) is 31.6 Å². The Morgan fingerprint density at radius 1 is 1.18 bits per heavy atom. The molecular weight excluding hydrogens is 396 g/mol. The minimum atomic E-state index is -3.76. The lowest BCUT2D eigenvalue weighted by atomic mass is 9.99. The number of likely N-dealkylation sites (tertiary alicyclic amines) is 1. The summed E-state index contributed by atoms with van der Waals surface area (Å²) in [7, 11) is -2.25. The van der Waals surface area contributed by atoms with E-state index in [0.29, 0.717) is 22.2 Å². The molecule has 0 spiro atoms. The Kier molecular flexibility index (Phi) is 6.01. The summed E-state index contributed by atoms with van der Waals surface area (Å²) in [6.45, 7) is 5.46. The number of hydrogen-bond donors (Lipinski definition) is 0. The Hall–Kier alpha value is -2.05. The third-order valence-corrected chi connectivity index (χ3v) is 7.25. The molecule has 150 valence electrons. The van der Waals surface area contributed by atoms with Gasteiger partial charge in [-0.1, -0.05) is 24.6 Å². The van der Waals surface area contributed by atoms with Crippen LogP contribution in [0.3, 0.4) is 0 Å². The van der Waals surface area contributed by atoms with E-state index in [9.17, 15) is 13.2 Å². The number of amides is 1. The molecule has 1 amide bonds. The van der Waals surface area contributed by atoms with Crippen LogP contribution in [0.1, 0.15) is 35.7 Å². The number of halogens is 1. The highest BCUT2D eigenvalue weighted by Crippen LogP contribution is 2.28. The van der Waals surface area contributed by atoms with Gasteiger partial charge in [0, 0.05) is 30.7 Å². The Balaban J connectivity index is 1.92. The zero-order chi connectivity index (χ0) is 20.5. The first-order chi connectivity index (χ1) is 13.2. The maximum atomic E-state index is 13.0. The molecule has 2 aromatic carbocycles. The van der Waals surface area contributed by atoms with Gasteiger partial charge in [0.25, 0.3) is 15.9 Å². The van der Waals surface area contributed by atoms with Crippen LogP contribution in [0, 0.1) is 12.8 Å². The van der Waals surface area contributed by atoms with Crippen molar-refractivity contribution in [3.05, 3.63) is 58.6 Å². The number of rotatable bonds is 4. The molecule has 0 radical (unpaired) electrons. The first-order valence-electron chi connectivity index (χ1n) is 9.34. The zero-order valence-electron chi connectivity index (χ0n) is 16.4. The zero-order valence-corrected chi connectivity index (χ0v) is 17.9. The molecule has 28 heavy (non-hydrogen) atoms. The smallest absolute Gasteiger partial charge is 0.264 e. The van der Waals surface area contributed by atoms with Crippen molar-refractivity contribution in [3.63, 3.8) is 0 Å². The predicted octanol–water partition coefficient (Wildman–Crippen LogP) is 4.35. The molecule has 0 aromatic heterocycles. The average Bonchev–Trinajstić information content (AvgIpc) is 2.67. The number of aryl methyl sites for hydroxylation is 1. The summed E-state index contributed by atoms with van der Waals surface area (Å²) in [5.41, 5.74) is 1.78. The van der Waals surface area contributed by atoms with Gasteiger partial charge in [-0.25, -0.2) is 8.42 Å². The van der Waals surface area contributed by atoms with Gasteiger partial charge in [0.2, 0.25) is 0 Å². The lowest BCUT2D eigenvalue weighted by Gasteiger charge is -2.31. The first kappa shape index (κ1) is 20.7. The first-order valence-corrected chi connectivity index (χ1v) is 11.2. The predicted molar refractivity (Wildman–Crippen MR) is 113 cm³/mol. The second-order valence-electron chi connectivity index (χ2n) is 7.43. The summed E-state index contributed by atoms with van der Waals surface area (Å²) < 4.78 is 27.2. The van der Waals surface area contributed by atoms with Crippen molar-refractivity contribution in [2.75, 3.05) is 24.4 Å². The Morgan fingerprint density at radius 2 is 1.86 bits per heavy atom. The fourth-order valence-electron chi connectivity index (χ4n) is 3.53. The molecular formula is C21H25ClN2O3S. The standard InChI is InChI=1S/C21H25ClN2O3S/c1-15-5-4-12-24(14-15)21(25)17-7-6-16(2)20(13-17)23(3)28(26,27)19-10-8-18(22)9-11-19/h6-11,13,15H,4-5,12,14H2,1-3H3/t15-/m1/s1. The number of benzene rings is 2. The van der Waals surface area contributed by atoms with Crippen molar-refractivity contribution in [1.29, 1.82) is 0 Å². The third kappa shape index (κ3) is 4.18. The van der Waals surface area contributed by atoms with E-state index >= 15 is 0 Å². The second kappa shape index (κ2) is 8.13. The van der Waals surface area contributed by atoms with Gasteiger partial charge in [-0.3, -0.25) is 9.10 Å². The molecule has 1 aliphatic heterocycles. The van der Waals surface area contributed by atoms with Gasteiger partial charge in [-0.2, -0.15) is 0 Å². The SMILES string of the molecule is Cc1ccc(C(=O)N2CCC[C@@H](C)C2)cc1N(C)S(=O)(=O)c1ccc(Cl)cc1. The average molecular weight is 421 g/mol. The van der Waals surface area contributed by atoms with Gasteiger partial charge in [-0.05, 0) is 67.6 Å². The van der Waals surface area contributed by atoms with Gasteiger partial charge in [0.05, 0.1) is 10.6 Å². The van der Waals surface area contributed by atoms with Gasteiger partial charge < -0.3 is 4.90 Å². The maximum Gasteiger partial charge on any atom is 0.264 e. The molecule has 0 bridgehead atoms. The molecule has 0 aliphatic carbocycles. The molecule has 1 fully saturated rings. The van der Waals surface area contributed by atoms with Crippen LogP contribution in [0.25, 0.3) is 0 Å². The van der Waals surface area contributed by atoms with E-state index in [1.54, 1.807) is 30.3 Å². The van der Waals surface area contributed by atoms with Crippen LogP contribution < -0.4 is 4.31 Å². The monoisotopic (exact) mass is 420 g/mol. The second-order valence-corrected chi connectivity index (χ2v) is 9.83. The normalized spacial score (nSPS) is 17.4. The Labute approximate surface area is 172 Å². The molecule has 1 aliphatic rings. The largest absolute Gasteiger partial charge is 0.338 e. The minimum absolute atomic E-state index is 0.0508. The fourth-order valence-corrected chi connectivity index (χ4v) is 4.91. The van der Waals surface area contributed by atoms with Crippen molar-refractivity contribution >= 4 is 33.2 Å². The summed E-state index contributed by atoms with van der Waals surface area (Å²) >= 11 is 5.87. The van der Waals surface area contributed by atoms with Crippen molar-refractivity contribution in [2.24, 2.45) is 5.92 Å². The number of sulfonamides is 1. The summed E-state index contributed by atoms with van der Waals surface area (Å²) in [5.74, 6) is 0.431. The molecule has 0 unspecified atom stereocenters. The Morgan fingerprint density at radius 3 is 2.50 bits per heavy atom. The highest BCUT2D eigenvalue weighted by atomic mass is 35.5. The summed E-state index contributed by atoms with van der Waals surface area (Å²) in [6.07, 6.45) is 2.13. The topological polar surface area (TPSA) is 57.7 Å². The van der Waals surface area contributed by atoms with Crippen LogP contribution in [0.5, 0.6) is 0 Å². The lowest BCUT2D eigenvalue weighted by molar-refractivity contribution is 0.0683. The fraction of sp³-hybridized carbons (Fsp3) is 0.381. The number of piperidine rings is 1. The highest BCUT2D eigenvalue weighted by molar-refractivity contribution is 7.92. The van der Waals surface area contributed by atoms with E-state index in [-0.39, 0.29) is 10.8 Å². The van der Waals surface area contributed by atoms with Crippen LogP contribution in [0.15, 0.2) is 47.4 Å². The van der Waals surface area contributed by atoms with Crippen LogP contribution in [0.2, 0.25) is 5.02 Å². The van der Waals surface area contributed by atoms with Crippen LogP contribution in [-0.4, -0.2) is 39.4 Å². The summed E-state index contributed by atoms with van der Waals surface area (Å²) in [5, 5.41) is 0.473. The van der Waals surface area contributed by atoms with E-state index in [1.807, 2.05) is 11.8 Å². The van der Waals surface area contributed by atoms with Crippen LogP contribution >= 0.6 is 11.6 Å². The number of carbonyl (C=O) groups is 1. The highest BCUT2D eigenvalue weighted by Gasteiger charge is 2.26. The van der Waals surface area contributed by atoms with E-state index in [4.69, 9.17) is 11.6 Å². The summed E-state index contributed by atoms with van der Waals surface area (Å²) in [4.78, 5) is 14.9. The molecule has 7 heteroatoms. The molecule has 1 atom stereocenters. The third-order valence-electron chi connectivity index (χ3n) is 5.21. The minimum Gasteiger partial charge on any atom is -0.338 e. The van der Waals surface area contributed by atoms with Crippen molar-refractivity contribution < 1.29 is 13.2 Å². The number of hydrogen-bond acceptors (Lipinski definition) is 3. The van der Waals surface area contributed by atoms with E-state index in [1.165, 1.54) is 23.5 Å².